The van der Waals surface area contributed by atoms with E-state index in [1.165, 1.54) is 18.4 Å². The second-order valence-corrected chi connectivity index (χ2v) is 8.84. The van der Waals surface area contributed by atoms with Crippen LogP contribution in [0.5, 0.6) is 0 Å². The molecule has 4 rings (SSSR count). The molecule has 1 aliphatic carbocycles. The maximum Gasteiger partial charge on any atom is 0.494 e. The topological polar surface area (TPSA) is 49.2 Å². The van der Waals surface area contributed by atoms with Crippen molar-refractivity contribution < 1.29 is 9.31 Å². The predicted octanol–water partition coefficient (Wildman–Crippen LogP) is 3.42. The molecule has 7 heteroatoms. The van der Waals surface area contributed by atoms with E-state index in [1.54, 1.807) is 12.7 Å². The molecule has 5 nitrogen and oxygen atoms in total. The molecule has 1 aromatic carbocycles. The van der Waals surface area contributed by atoms with Crippen molar-refractivity contribution in [3.8, 4) is 0 Å². The van der Waals surface area contributed by atoms with Crippen LogP contribution >= 0.6 is 11.6 Å². The van der Waals surface area contributed by atoms with Crippen molar-refractivity contribution in [2.24, 2.45) is 5.92 Å². The van der Waals surface area contributed by atoms with E-state index in [-0.39, 0.29) is 18.3 Å². The van der Waals surface area contributed by atoms with Gasteiger partial charge in [0.05, 0.1) is 11.2 Å². The van der Waals surface area contributed by atoms with E-state index >= 15 is 0 Å². The van der Waals surface area contributed by atoms with Crippen molar-refractivity contribution in [2.75, 3.05) is 0 Å². The molecular weight excluding hydrogens is 348 g/mol. The molecule has 26 heavy (non-hydrogen) atoms. The third-order valence-corrected chi connectivity index (χ3v) is 6.32. The summed E-state index contributed by atoms with van der Waals surface area (Å²) in [6.45, 7) is 9.04. The van der Waals surface area contributed by atoms with Gasteiger partial charge in [-0.25, -0.2) is 4.98 Å². The van der Waals surface area contributed by atoms with E-state index in [4.69, 9.17) is 20.9 Å². The lowest BCUT2D eigenvalue weighted by atomic mass is 9.78. The normalized spacial score (nSPS) is 22.6. The van der Waals surface area contributed by atoms with Gasteiger partial charge in [-0.3, -0.25) is 4.68 Å². The first-order valence-electron chi connectivity index (χ1n) is 9.24. The molecule has 0 radical (unpaired) electrons. The molecule has 0 spiro atoms. The number of hydrogen-bond donors (Lipinski definition) is 0. The summed E-state index contributed by atoms with van der Waals surface area (Å²) < 4.78 is 14.2. The van der Waals surface area contributed by atoms with E-state index in [1.807, 2.05) is 10.7 Å². The van der Waals surface area contributed by atoms with E-state index in [2.05, 4.69) is 49.9 Å². The highest BCUT2D eigenvalue weighted by atomic mass is 35.5. The standard InChI is InChI=1S/C19H25BClN3O2/c1-18(2)19(3,4)26-20(25-18)14-7-8-15(17(21)9-14)16(13-5-6-13)10-24-12-22-11-23-24/h7-9,11-13,16H,5-6,10H2,1-4H3. The second-order valence-electron chi connectivity index (χ2n) is 8.43. The highest BCUT2D eigenvalue weighted by molar-refractivity contribution is 6.62. The molecule has 1 aromatic heterocycles. The van der Waals surface area contributed by atoms with Gasteiger partial charge in [-0.15, -0.1) is 0 Å². The van der Waals surface area contributed by atoms with Crippen LogP contribution in [0.1, 0.15) is 52.0 Å². The first kappa shape index (κ1) is 18.0. The minimum Gasteiger partial charge on any atom is -0.399 e. The van der Waals surface area contributed by atoms with E-state index in [0.717, 1.165) is 17.0 Å². The summed E-state index contributed by atoms with van der Waals surface area (Å²) in [4.78, 5) is 4.05. The van der Waals surface area contributed by atoms with Crippen LogP contribution in [0.15, 0.2) is 30.9 Å². The fourth-order valence-corrected chi connectivity index (χ4v) is 3.83. The Morgan fingerprint density at radius 1 is 1.23 bits per heavy atom. The molecule has 0 amide bonds. The molecule has 2 heterocycles. The molecule has 1 atom stereocenters. The number of benzene rings is 1. The Kier molecular flexibility index (Phi) is 4.41. The summed E-state index contributed by atoms with van der Waals surface area (Å²) in [5.74, 6) is 1.02. The van der Waals surface area contributed by atoms with Crippen LogP contribution in [0.2, 0.25) is 5.02 Å². The van der Waals surface area contributed by atoms with Crippen LogP contribution in [0.4, 0.5) is 0 Å². The molecule has 138 valence electrons. The van der Waals surface area contributed by atoms with Crippen molar-refractivity contribution in [3.05, 3.63) is 41.4 Å². The van der Waals surface area contributed by atoms with E-state index in [9.17, 15) is 0 Å². The predicted molar refractivity (Wildman–Crippen MR) is 103 cm³/mol. The molecular formula is C19H25BClN3O2. The van der Waals surface area contributed by atoms with Gasteiger partial charge >= 0.3 is 7.12 Å². The maximum absolute atomic E-state index is 6.70. The molecule has 0 bridgehead atoms. The smallest absolute Gasteiger partial charge is 0.399 e. The number of aromatic nitrogens is 3. The molecule has 1 saturated carbocycles. The number of rotatable bonds is 5. The van der Waals surface area contributed by atoms with Gasteiger partial charge in [0.25, 0.3) is 0 Å². The van der Waals surface area contributed by atoms with Gasteiger partial charge in [0.15, 0.2) is 0 Å². The lowest BCUT2D eigenvalue weighted by Gasteiger charge is -2.32. The van der Waals surface area contributed by atoms with Gasteiger partial charge in [0, 0.05) is 17.5 Å². The summed E-state index contributed by atoms with van der Waals surface area (Å²) in [5.41, 5.74) is 1.43. The molecule has 1 saturated heterocycles. The highest BCUT2D eigenvalue weighted by Gasteiger charge is 2.51. The third-order valence-electron chi connectivity index (χ3n) is 5.99. The van der Waals surface area contributed by atoms with Crippen molar-refractivity contribution in [1.82, 2.24) is 14.8 Å². The van der Waals surface area contributed by atoms with Crippen LogP contribution < -0.4 is 5.46 Å². The minimum atomic E-state index is -0.388. The minimum absolute atomic E-state index is 0.355. The number of hydrogen-bond acceptors (Lipinski definition) is 4. The van der Waals surface area contributed by atoms with Gasteiger partial charge in [-0.05, 0) is 63.5 Å². The fourth-order valence-electron chi connectivity index (χ4n) is 3.50. The van der Waals surface area contributed by atoms with Crippen molar-refractivity contribution in [2.45, 2.75) is 64.2 Å². The average molecular weight is 374 g/mol. The maximum atomic E-state index is 6.70. The monoisotopic (exact) mass is 373 g/mol. The molecule has 1 unspecified atom stereocenters. The summed E-state index contributed by atoms with van der Waals surface area (Å²) in [5, 5.41) is 5.03. The van der Waals surface area contributed by atoms with Crippen LogP contribution in [0.3, 0.4) is 0 Å². The quantitative estimate of drug-likeness (QED) is 0.754. The summed E-state index contributed by atoms with van der Waals surface area (Å²) in [6, 6.07) is 6.21. The van der Waals surface area contributed by atoms with Crippen molar-refractivity contribution >= 4 is 24.2 Å². The Labute approximate surface area is 160 Å². The molecule has 2 aromatic rings. The Morgan fingerprint density at radius 3 is 2.46 bits per heavy atom. The summed E-state index contributed by atoms with van der Waals surface area (Å²) >= 11 is 6.70. The van der Waals surface area contributed by atoms with Crippen LogP contribution in [0.25, 0.3) is 0 Å². The SMILES string of the molecule is CC1(C)OB(c2ccc(C(Cn3cncn3)C3CC3)c(Cl)c2)OC1(C)C. The van der Waals surface area contributed by atoms with Gasteiger partial charge in [0.2, 0.25) is 0 Å². The van der Waals surface area contributed by atoms with Gasteiger partial charge in [-0.1, -0.05) is 23.7 Å². The van der Waals surface area contributed by atoms with E-state index in [0.29, 0.717) is 11.8 Å². The molecule has 2 aliphatic rings. The van der Waals surface area contributed by atoms with Crippen molar-refractivity contribution in [1.29, 1.82) is 0 Å². The van der Waals surface area contributed by atoms with Crippen LogP contribution in [-0.2, 0) is 15.9 Å². The van der Waals surface area contributed by atoms with Gasteiger partial charge in [-0.2, -0.15) is 5.10 Å². The first-order valence-corrected chi connectivity index (χ1v) is 9.62. The van der Waals surface area contributed by atoms with E-state index < -0.39 is 0 Å². The lowest BCUT2D eigenvalue weighted by molar-refractivity contribution is 0.00578. The third kappa shape index (κ3) is 3.30. The first-order chi connectivity index (χ1) is 12.3. The lowest BCUT2D eigenvalue weighted by Crippen LogP contribution is -2.41. The van der Waals surface area contributed by atoms with Crippen molar-refractivity contribution in [3.63, 3.8) is 0 Å². The molecule has 0 N–H and O–H groups in total. The molecule has 2 fully saturated rings. The highest BCUT2D eigenvalue weighted by Crippen LogP contribution is 2.45. The fraction of sp³-hybridized carbons (Fsp3) is 0.579. The second kappa shape index (κ2) is 6.36. The summed E-state index contributed by atoms with van der Waals surface area (Å²) in [6.07, 6.45) is 5.83. The zero-order valence-corrected chi connectivity index (χ0v) is 16.5. The molecule has 1 aliphatic heterocycles. The van der Waals surface area contributed by atoms with Gasteiger partial charge in [0.1, 0.15) is 12.7 Å². The zero-order chi connectivity index (χ0) is 18.5. The largest absolute Gasteiger partial charge is 0.494 e. The Bertz CT molecular complexity index is 774. The summed E-state index contributed by atoms with van der Waals surface area (Å²) in [7, 11) is -0.388. The van der Waals surface area contributed by atoms with Crippen LogP contribution in [-0.4, -0.2) is 33.1 Å². The Morgan fingerprint density at radius 2 is 1.92 bits per heavy atom. The Balaban J connectivity index is 1.58. The average Bonchev–Trinajstić information content (AvgIpc) is 3.22. The van der Waals surface area contributed by atoms with Crippen LogP contribution in [0, 0.1) is 5.92 Å². The number of nitrogens with zero attached hydrogens (tertiary/aromatic N) is 3. The number of halogens is 1. The van der Waals surface area contributed by atoms with Gasteiger partial charge < -0.3 is 9.31 Å². The zero-order valence-electron chi connectivity index (χ0n) is 15.8. The Hall–Kier alpha value is -1.37.